The molecule has 20 heavy (non-hydrogen) atoms. The summed E-state index contributed by atoms with van der Waals surface area (Å²) in [5.41, 5.74) is -0.0980. The minimum atomic E-state index is -0.449. The van der Waals surface area contributed by atoms with Crippen LogP contribution < -0.4 is 14.8 Å². The van der Waals surface area contributed by atoms with Crippen LogP contribution in [0.15, 0.2) is 18.2 Å². The number of ether oxygens (including phenoxy) is 2. The summed E-state index contributed by atoms with van der Waals surface area (Å²) in [6.45, 7) is 5.08. The van der Waals surface area contributed by atoms with Crippen molar-refractivity contribution in [1.82, 2.24) is 5.32 Å². The van der Waals surface area contributed by atoms with E-state index in [2.05, 4.69) is 5.32 Å². The smallest absolute Gasteiger partial charge is 0.352 e. The molecule has 110 valence electrons. The van der Waals surface area contributed by atoms with E-state index in [1.54, 1.807) is 18.2 Å². The van der Waals surface area contributed by atoms with Crippen molar-refractivity contribution in [3.63, 3.8) is 0 Å². The van der Waals surface area contributed by atoms with Crippen molar-refractivity contribution in [3.05, 3.63) is 28.3 Å². The van der Waals surface area contributed by atoms with Crippen molar-refractivity contribution < 1.29 is 14.4 Å². The number of rotatable bonds is 6. The molecule has 1 saturated heterocycles. The Labute approximate surface area is 118 Å². The predicted molar refractivity (Wildman–Crippen MR) is 75.4 cm³/mol. The van der Waals surface area contributed by atoms with E-state index in [1.165, 1.54) is 0 Å². The maximum atomic E-state index is 11.3. The van der Waals surface area contributed by atoms with Gasteiger partial charge in [0.25, 0.3) is 0 Å². The van der Waals surface area contributed by atoms with Gasteiger partial charge in [-0.1, -0.05) is 6.07 Å². The lowest BCUT2D eigenvalue weighted by molar-refractivity contribution is -0.387. The summed E-state index contributed by atoms with van der Waals surface area (Å²) in [6.07, 6.45) is 2.03. The van der Waals surface area contributed by atoms with Gasteiger partial charge in [-0.25, -0.2) is 0 Å². The molecule has 1 N–H and O–H groups in total. The molecule has 1 unspecified atom stereocenters. The molecule has 0 radical (unpaired) electrons. The van der Waals surface area contributed by atoms with Gasteiger partial charge < -0.3 is 14.8 Å². The van der Waals surface area contributed by atoms with Crippen LogP contribution in [0.3, 0.4) is 0 Å². The quantitative estimate of drug-likeness (QED) is 0.640. The molecule has 6 heteroatoms. The third-order valence-electron chi connectivity index (χ3n) is 3.11. The molecule has 1 heterocycles. The molecule has 1 aliphatic rings. The Morgan fingerprint density at radius 2 is 2.20 bits per heavy atom. The fourth-order valence-electron chi connectivity index (χ4n) is 2.24. The Morgan fingerprint density at radius 1 is 1.45 bits per heavy atom. The van der Waals surface area contributed by atoms with E-state index in [9.17, 15) is 10.1 Å². The summed E-state index contributed by atoms with van der Waals surface area (Å²) in [4.78, 5) is 10.8. The molecule has 6 nitrogen and oxygen atoms in total. The number of nitrogens with one attached hydrogen (secondary N) is 1. The maximum absolute atomic E-state index is 11.3. The zero-order valence-corrected chi connectivity index (χ0v) is 11.8. The lowest BCUT2D eigenvalue weighted by Crippen LogP contribution is -2.28. The van der Waals surface area contributed by atoms with Gasteiger partial charge in [0, 0.05) is 6.04 Å². The lowest BCUT2D eigenvalue weighted by Gasteiger charge is -2.15. The van der Waals surface area contributed by atoms with Gasteiger partial charge in [0.05, 0.1) is 11.0 Å². The van der Waals surface area contributed by atoms with E-state index in [1.807, 2.05) is 13.8 Å². The van der Waals surface area contributed by atoms with Crippen LogP contribution in [0.5, 0.6) is 11.5 Å². The van der Waals surface area contributed by atoms with Crippen LogP contribution in [-0.4, -0.2) is 30.2 Å². The molecule has 1 aliphatic heterocycles. The van der Waals surface area contributed by atoms with Crippen molar-refractivity contribution in [2.45, 2.75) is 38.8 Å². The number of benzene rings is 1. The minimum Gasteiger partial charge on any atom is -0.485 e. The van der Waals surface area contributed by atoms with E-state index in [4.69, 9.17) is 9.47 Å². The fourth-order valence-corrected chi connectivity index (χ4v) is 2.24. The molecule has 1 aromatic carbocycles. The van der Waals surface area contributed by atoms with Gasteiger partial charge in [0.15, 0.2) is 0 Å². The number of hydrogen-bond donors (Lipinski definition) is 1. The second-order valence-corrected chi connectivity index (χ2v) is 5.13. The highest BCUT2D eigenvalue weighted by Gasteiger charge is 2.24. The summed E-state index contributed by atoms with van der Waals surface area (Å²) in [5, 5.41) is 14.5. The lowest BCUT2D eigenvalue weighted by atomic mass is 10.2. The average molecular weight is 280 g/mol. The SMILES string of the molecule is CC(C)Oc1cccc(OCC2CCCN2)c1[N+](=O)[O-]. The Balaban J connectivity index is 2.15. The van der Waals surface area contributed by atoms with Crippen LogP contribution in [0.2, 0.25) is 0 Å². The molecule has 0 spiro atoms. The van der Waals surface area contributed by atoms with E-state index >= 15 is 0 Å². The van der Waals surface area contributed by atoms with Crippen LogP contribution in [0, 0.1) is 10.1 Å². The van der Waals surface area contributed by atoms with E-state index in [0.29, 0.717) is 6.61 Å². The molecular weight excluding hydrogens is 260 g/mol. The van der Waals surface area contributed by atoms with Crippen LogP contribution in [-0.2, 0) is 0 Å². The highest BCUT2D eigenvalue weighted by molar-refractivity contribution is 5.57. The van der Waals surface area contributed by atoms with Gasteiger partial charge in [-0.15, -0.1) is 0 Å². The molecular formula is C14H20N2O4. The Bertz CT molecular complexity index is 470. The Kier molecular flexibility index (Phi) is 4.79. The van der Waals surface area contributed by atoms with Gasteiger partial charge in [-0.2, -0.15) is 0 Å². The van der Waals surface area contributed by atoms with Crippen molar-refractivity contribution in [3.8, 4) is 11.5 Å². The molecule has 2 rings (SSSR count). The number of nitro groups is 1. The zero-order valence-electron chi connectivity index (χ0n) is 11.8. The van der Waals surface area contributed by atoms with Crippen LogP contribution in [0.4, 0.5) is 5.69 Å². The predicted octanol–water partition coefficient (Wildman–Crippen LogP) is 2.51. The van der Waals surface area contributed by atoms with Crippen LogP contribution in [0.25, 0.3) is 0 Å². The molecule has 0 bridgehead atoms. The van der Waals surface area contributed by atoms with Crippen LogP contribution in [0.1, 0.15) is 26.7 Å². The van der Waals surface area contributed by atoms with Gasteiger partial charge in [0.1, 0.15) is 6.61 Å². The monoisotopic (exact) mass is 280 g/mol. The Hall–Kier alpha value is -1.82. The van der Waals surface area contributed by atoms with E-state index < -0.39 is 4.92 Å². The molecule has 0 amide bonds. The summed E-state index contributed by atoms with van der Waals surface area (Å²) < 4.78 is 11.1. The first-order chi connectivity index (χ1) is 9.58. The standard InChI is InChI=1S/C14H20N2O4/c1-10(2)20-13-7-3-6-12(14(13)16(17)18)19-9-11-5-4-8-15-11/h3,6-7,10-11,15H,4-5,8-9H2,1-2H3. The van der Waals surface area contributed by atoms with Crippen molar-refractivity contribution in [2.24, 2.45) is 0 Å². The van der Waals surface area contributed by atoms with Crippen molar-refractivity contribution in [2.75, 3.05) is 13.2 Å². The minimum absolute atomic E-state index is 0.0980. The molecule has 1 atom stereocenters. The topological polar surface area (TPSA) is 73.6 Å². The van der Waals surface area contributed by atoms with Gasteiger partial charge in [-0.05, 0) is 45.4 Å². The average Bonchev–Trinajstić information content (AvgIpc) is 2.88. The van der Waals surface area contributed by atoms with Crippen molar-refractivity contribution in [1.29, 1.82) is 0 Å². The summed E-state index contributed by atoms with van der Waals surface area (Å²) in [5.74, 6) is 0.517. The number of para-hydroxylation sites is 1. The number of hydrogen-bond acceptors (Lipinski definition) is 5. The third-order valence-corrected chi connectivity index (χ3v) is 3.11. The fraction of sp³-hybridized carbons (Fsp3) is 0.571. The summed E-state index contributed by atoms with van der Waals surface area (Å²) in [7, 11) is 0. The highest BCUT2D eigenvalue weighted by Crippen LogP contribution is 2.37. The molecule has 0 saturated carbocycles. The van der Waals surface area contributed by atoms with Crippen molar-refractivity contribution >= 4 is 5.69 Å². The largest absolute Gasteiger partial charge is 0.485 e. The third kappa shape index (κ3) is 3.60. The van der Waals surface area contributed by atoms with Gasteiger partial charge in [-0.3, -0.25) is 10.1 Å². The first-order valence-corrected chi connectivity index (χ1v) is 6.88. The highest BCUT2D eigenvalue weighted by atomic mass is 16.6. The normalized spacial score (nSPS) is 18.2. The Morgan fingerprint density at radius 3 is 2.80 bits per heavy atom. The first kappa shape index (κ1) is 14.6. The molecule has 0 aliphatic carbocycles. The second kappa shape index (κ2) is 6.56. The van der Waals surface area contributed by atoms with Gasteiger partial charge in [0.2, 0.25) is 11.5 Å². The molecule has 0 aromatic heterocycles. The number of nitrogens with zero attached hydrogens (tertiary/aromatic N) is 1. The summed E-state index contributed by atoms with van der Waals surface area (Å²) >= 11 is 0. The maximum Gasteiger partial charge on any atom is 0.352 e. The second-order valence-electron chi connectivity index (χ2n) is 5.13. The molecule has 1 fully saturated rings. The summed E-state index contributed by atoms with van der Waals surface area (Å²) in [6, 6.07) is 5.19. The number of nitro benzene ring substituents is 1. The van der Waals surface area contributed by atoms with Gasteiger partial charge >= 0.3 is 5.69 Å². The van der Waals surface area contributed by atoms with Crippen LogP contribution >= 0.6 is 0 Å². The molecule has 1 aromatic rings. The first-order valence-electron chi connectivity index (χ1n) is 6.88. The zero-order chi connectivity index (χ0) is 14.5. The van der Waals surface area contributed by atoms with E-state index in [0.717, 1.165) is 19.4 Å². The van der Waals surface area contributed by atoms with E-state index in [-0.39, 0.29) is 29.3 Å².